The van der Waals surface area contributed by atoms with Crippen LogP contribution in [-0.4, -0.2) is 30.6 Å². The molecule has 148 valence electrons. The number of aryl methyl sites for hydroxylation is 2. The van der Waals surface area contributed by atoms with E-state index in [0.717, 1.165) is 39.8 Å². The van der Waals surface area contributed by atoms with Crippen LogP contribution in [0.15, 0.2) is 42.0 Å². The van der Waals surface area contributed by atoms with Crippen molar-refractivity contribution in [3.8, 4) is 17.2 Å². The van der Waals surface area contributed by atoms with Gasteiger partial charge in [0.25, 0.3) is 0 Å². The summed E-state index contributed by atoms with van der Waals surface area (Å²) in [6.07, 6.45) is 2.72. The van der Waals surface area contributed by atoms with E-state index in [-0.39, 0.29) is 12.3 Å². The van der Waals surface area contributed by atoms with Gasteiger partial charge in [-0.2, -0.15) is 10.1 Å². The number of hydrogen-bond acceptors (Lipinski definition) is 5. The summed E-state index contributed by atoms with van der Waals surface area (Å²) in [4.78, 5) is 21.3. The van der Waals surface area contributed by atoms with Crippen LogP contribution in [0.4, 0.5) is 5.69 Å². The molecule has 0 aliphatic rings. The quantitative estimate of drug-likeness (QED) is 0.505. The van der Waals surface area contributed by atoms with Crippen molar-refractivity contribution in [3.63, 3.8) is 0 Å². The predicted molar refractivity (Wildman–Crippen MR) is 114 cm³/mol. The van der Waals surface area contributed by atoms with Gasteiger partial charge in [-0.1, -0.05) is 19.1 Å². The monoisotopic (exact) mass is 406 g/mol. The van der Waals surface area contributed by atoms with Crippen molar-refractivity contribution in [3.05, 3.63) is 64.0 Å². The third kappa shape index (κ3) is 3.97. The lowest BCUT2D eigenvalue weighted by molar-refractivity contribution is -0.115. The zero-order valence-electron chi connectivity index (χ0n) is 16.6. The van der Waals surface area contributed by atoms with E-state index in [1.54, 1.807) is 0 Å². The van der Waals surface area contributed by atoms with E-state index in [2.05, 4.69) is 38.5 Å². The smallest absolute Gasteiger partial charge is 0.231 e. The van der Waals surface area contributed by atoms with E-state index < -0.39 is 0 Å². The number of amides is 1. The molecule has 8 heteroatoms. The van der Waals surface area contributed by atoms with Gasteiger partial charge in [-0.15, -0.1) is 11.3 Å². The van der Waals surface area contributed by atoms with Gasteiger partial charge < -0.3 is 5.32 Å². The molecule has 3 aromatic heterocycles. The molecule has 0 bridgehead atoms. The van der Waals surface area contributed by atoms with E-state index in [1.165, 1.54) is 23.2 Å². The Kier molecular flexibility index (Phi) is 5.26. The molecule has 4 rings (SSSR count). The standard InChI is InChI=1S/C21H22N6OS/c1-4-15-5-7-16(8-6-15)24-19(28)10-20-25-18(11-29-20)17-9-13(2)27(14(17)3)21-22-12-23-26-21/h5-9,11-12H,4,10H2,1-3H3,(H,24,28)(H,22,23,26). The molecule has 0 spiro atoms. The van der Waals surface area contributed by atoms with Crippen molar-refractivity contribution >= 4 is 22.9 Å². The Morgan fingerprint density at radius 2 is 2.03 bits per heavy atom. The zero-order chi connectivity index (χ0) is 20.4. The fourth-order valence-corrected chi connectivity index (χ4v) is 4.13. The SMILES string of the molecule is CCc1ccc(NC(=O)Cc2nc(-c3cc(C)n(-c4ncn[nH]4)c3C)cs2)cc1. The molecule has 3 heterocycles. The molecule has 29 heavy (non-hydrogen) atoms. The van der Waals surface area contributed by atoms with E-state index in [4.69, 9.17) is 0 Å². The average Bonchev–Trinajstić information content (AvgIpc) is 3.43. The molecule has 0 unspecified atom stereocenters. The van der Waals surface area contributed by atoms with Crippen LogP contribution in [0.3, 0.4) is 0 Å². The maximum Gasteiger partial charge on any atom is 0.231 e. The summed E-state index contributed by atoms with van der Waals surface area (Å²) in [6, 6.07) is 10.00. The Balaban J connectivity index is 1.48. The summed E-state index contributed by atoms with van der Waals surface area (Å²) >= 11 is 1.49. The Morgan fingerprint density at radius 3 is 2.72 bits per heavy atom. The van der Waals surface area contributed by atoms with Gasteiger partial charge in [0.1, 0.15) is 11.3 Å². The zero-order valence-corrected chi connectivity index (χ0v) is 17.4. The maximum absolute atomic E-state index is 12.4. The lowest BCUT2D eigenvalue weighted by Gasteiger charge is -2.05. The fourth-order valence-electron chi connectivity index (χ4n) is 3.34. The minimum Gasteiger partial charge on any atom is -0.326 e. The van der Waals surface area contributed by atoms with Gasteiger partial charge in [-0.25, -0.2) is 10.1 Å². The normalized spacial score (nSPS) is 11.0. The van der Waals surface area contributed by atoms with Crippen molar-refractivity contribution < 1.29 is 4.79 Å². The van der Waals surface area contributed by atoms with Crippen LogP contribution in [0.25, 0.3) is 17.2 Å². The number of carbonyl (C=O) groups is 1. The molecule has 1 amide bonds. The highest BCUT2D eigenvalue weighted by atomic mass is 32.1. The van der Waals surface area contributed by atoms with Crippen LogP contribution in [0.1, 0.15) is 28.9 Å². The summed E-state index contributed by atoms with van der Waals surface area (Å²) in [7, 11) is 0. The van der Waals surface area contributed by atoms with Crippen molar-refractivity contribution in [2.24, 2.45) is 0 Å². The summed E-state index contributed by atoms with van der Waals surface area (Å²) in [5, 5.41) is 12.5. The summed E-state index contributed by atoms with van der Waals surface area (Å²) in [6.45, 7) is 6.15. The first-order valence-electron chi connectivity index (χ1n) is 9.43. The number of H-pyrrole nitrogens is 1. The van der Waals surface area contributed by atoms with Crippen LogP contribution >= 0.6 is 11.3 Å². The fraction of sp³-hybridized carbons (Fsp3) is 0.238. The highest BCUT2D eigenvalue weighted by Crippen LogP contribution is 2.29. The predicted octanol–water partition coefficient (Wildman–Crippen LogP) is 4.08. The minimum absolute atomic E-state index is 0.0673. The molecule has 0 saturated heterocycles. The Bertz CT molecular complexity index is 1120. The second-order valence-corrected chi connectivity index (χ2v) is 7.77. The molecule has 1 aromatic carbocycles. The lowest BCUT2D eigenvalue weighted by Crippen LogP contribution is -2.14. The average molecular weight is 407 g/mol. The summed E-state index contributed by atoms with van der Waals surface area (Å²) < 4.78 is 2.01. The first kappa shape index (κ1) is 19.1. The Morgan fingerprint density at radius 1 is 1.24 bits per heavy atom. The number of thiazole rings is 1. The van der Waals surface area contributed by atoms with Crippen LogP contribution < -0.4 is 5.32 Å². The Labute approximate surface area is 172 Å². The lowest BCUT2D eigenvalue weighted by atomic mass is 10.1. The first-order chi connectivity index (χ1) is 14.0. The number of nitrogens with zero attached hydrogens (tertiary/aromatic N) is 4. The molecular formula is C21H22N6OS. The largest absolute Gasteiger partial charge is 0.326 e. The number of benzene rings is 1. The summed E-state index contributed by atoms with van der Waals surface area (Å²) in [5.74, 6) is 0.609. The van der Waals surface area contributed by atoms with Gasteiger partial charge in [0.05, 0.1) is 12.1 Å². The number of aromatic nitrogens is 5. The van der Waals surface area contributed by atoms with Crippen molar-refractivity contribution in [2.45, 2.75) is 33.6 Å². The van der Waals surface area contributed by atoms with Gasteiger partial charge in [0, 0.05) is 28.0 Å². The second-order valence-electron chi connectivity index (χ2n) is 6.83. The van der Waals surface area contributed by atoms with Gasteiger partial charge in [0.15, 0.2) is 0 Å². The van der Waals surface area contributed by atoms with Gasteiger partial charge in [-0.3, -0.25) is 9.36 Å². The number of aromatic amines is 1. The van der Waals surface area contributed by atoms with Crippen molar-refractivity contribution in [2.75, 3.05) is 5.32 Å². The molecule has 0 aliphatic heterocycles. The number of rotatable bonds is 6. The van der Waals surface area contributed by atoms with Gasteiger partial charge in [-0.05, 0) is 44.0 Å². The number of nitrogens with one attached hydrogen (secondary N) is 2. The highest BCUT2D eigenvalue weighted by molar-refractivity contribution is 7.10. The van der Waals surface area contributed by atoms with Crippen LogP contribution in [0, 0.1) is 13.8 Å². The minimum atomic E-state index is -0.0673. The van der Waals surface area contributed by atoms with Crippen LogP contribution in [0.5, 0.6) is 0 Å². The molecule has 0 fully saturated rings. The van der Waals surface area contributed by atoms with Gasteiger partial charge >= 0.3 is 0 Å². The number of anilines is 1. The van der Waals surface area contributed by atoms with Crippen LogP contribution in [-0.2, 0) is 17.6 Å². The molecular weight excluding hydrogens is 384 g/mol. The number of carbonyl (C=O) groups excluding carboxylic acids is 1. The molecule has 4 aromatic rings. The first-order valence-corrected chi connectivity index (χ1v) is 10.3. The third-order valence-electron chi connectivity index (χ3n) is 4.83. The summed E-state index contributed by atoms with van der Waals surface area (Å²) in [5.41, 5.74) is 6.00. The highest BCUT2D eigenvalue weighted by Gasteiger charge is 2.17. The molecule has 0 aliphatic carbocycles. The third-order valence-corrected chi connectivity index (χ3v) is 5.68. The van der Waals surface area contributed by atoms with Crippen molar-refractivity contribution in [1.82, 2.24) is 24.7 Å². The molecule has 2 N–H and O–H groups in total. The Hall–Kier alpha value is -3.26. The maximum atomic E-state index is 12.4. The molecule has 0 radical (unpaired) electrons. The van der Waals surface area contributed by atoms with E-state index in [1.807, 2.05) is 48.1 Å². The van der Waals surface area contributed by atoms with Crippen LogP contribution in [0.2, 0.25) is 0 Å². The van der Waals surface area contributed by atoms with Crippen molar-refractivity contribution in [1.29, 1.82) is 0 Å². The topological polar surface area (TPSA) is 88.5 Å². The molecule has 7 nitrogen and oxygen atoms in total. The van der Waals surface area contributed by atoms with E-state index in [0.29, 0.717) is 5.95 Å². The van der Waals surface area contributed by atoms with E-state index >= 15 is 0 Å². The number of hydrogen-bond donors (Lipinski definition) is 2. The second kappa shape index (κ2) is 8.00. The van der Waals surface area contributed by atoms with E-state index in [9.17, 15) is 4.79 Å². The van der Waals surface area contributed by atoms with Gasteiger partial charge in [0.2, 0.25) is 11.9 Å². The molecule has 0 saturated carbocycles. The molecule has 0 atom stereocenters.